The van der Waals surface area contributed by atoms with Gasteiger partial charge in [0.15, 0.2) is 0 Å². The smallest absolute Gasteiger partial charge is 0.101 e. The second-order valence-electron chi connectivity index (χ2n) is 5.20. The molecule has 1 N–H and O–H groups in total. The third-order valence-corrected chi connectivity index (χ3v) is 4.75. The highest BCUT2D eigenvalue weighted by molar-refractivity contribution is 7.44. The van der Waals surface area contributed by atoms with E-state index in [0.717, 1.165) is 11.0 Å². The highest BCUT2D eigenvalue weighted by Gasteiger charge is 2.08. The molecule has 0 amide bonds. The van der Waals surface area contributed by atoms with Crippen molar-refractivity contribution in [3.8, 4) is 6.07 Å². The highest BCUT2D eigenvalue weighted by atomic mass is 31.1. The lowest BCUT2D eigenvalue weighted by atomic mass is 10.0. The molecule has 1 unspecified atom stereocenters. The van der Waals surface area contributed by atoms with Crippen LogP contribution >= 0.6 is 8.73 Å². The van der Waals surface area contributed by atoms with Gasteiger partial charge in [-0.1, -0.05) is 30.3 Å². The van der Waals surface area contributed by atoms with Crippen LogP contribution in [0.3, 0.4) is 0 Å². The van der Waals surface area contributed by atoms with E-state index in [1.807, 2.05) is 6.92 Å². The fourth-order valence-electron chi connectivity index (χ4n) is 2.31. The first-order chi connectivity index (χ1) is 10.6. The molecule has 0 aliphatic rings. The molecule has 2 aromatic rings. The van der Waals surface area contributed by atoms with Crippen LogP contribution in [0.4, 0.5) is 5.69 Å². The van der Waals surface area contributed by atoms with Crippen molar-refractivity contribution in [3.63, 3.8) is 0 Å². The molecule has 4 heteroatoms. The Labute approximate surface area is 133 Å². The molecule has 0 radical (unpaired) electrons. The van der Waals surface area contributed by atoms with Gasteiger partial charge in [-0.25, -0.2) is 0 Å². The maximum atomic E-state index is 9.17. The molecule has 0 bridgehead atoms. The fraction of sp³-hybridized carbons (Fsp3) is 0.222. The number of aliphatic imine (C=N–C) groups is 1. The maximum Gasteiger partial charge on any atom is 0.101 e. The molecular weight excluding hydrogens is 289 g/mol. The zero-order valence-corrected chi connectivity index (χ0v) is 14.4. The van der Waals surface area contributed by atoms with Crippen LogP contribution < -0.4 is 5.09 Å². The van der Waals surface area contributed by atoms with Gasteiger partial charge in [-0.3, -0.25) is 4.99 Å². The van der Waals surface area contributed by atoms with E-state index in [4.69, 9.17) is 0 Å². The number of allylic oxidation sites excluding steroid dienone is 2. The van der Waals surface area contributed by atoms with E-state index in [0.29, 0.717) is 14.3 Å². The predicted octanol–water partition coefficient (Wildman–Crippen LogP) is 4.96. The van der Waals surface area contributed by atoms with E-state index >= 15 is 0 Å². The molecule has 0 aliphatic heterocycles. The van der Waals surface area contributed by atoms with Crippen molar-refractivity contribution in [3.05, 3.63) is 52.3 Å². The first-order valence-electron chi connectivity index (χ1n) is 7.12. The standard InChI is InChI=1S/C18H20N3P/c1-12-9-15-7-5-6-8-17(15)18(13(12)2)21-22-14(3)16(10-19)11-20-4/h5-9,11,21-22H,1-4H3/b16-14+,20-11?. The lowest BCUT2D eigenvalue weighted by Crippen LogP contribution is -1.94. The monoisotopic (exact) mass is 309 g/mol. The van der Waals surface area contributed by atoms with Crippen molar-refractivity contribution in [2.24, 2.45) is 4.99 Å². The summed E-state index contributed by atoms with van der Waals surface area (Å²) in [5, 5.41) is 16.2. The summed E-state index contributed by atoms with van der Waals surface area (Å²) in [6.07, 6.45) is 1.62. The Morgan fingerprint density at radius 1 is 1.32 bits per heavy atom. The van der Waals surface area contributed by atoms with Gasteiger partial charge in [-0.15, -0.1) is 0 Å². The average Bonchev–Trinajstić information content (AvgIpc) is 2.52. The Bertz CT molecular complexity index is 798. The molecule has 22 heavy (non-hydrogen) atoms. The van der Waals surface area contributed by atoms with Crippen molar-refractivity contribution < 1.29 is 0 Å². The predicted molar refractivity (Wildman–Crippen MR) is 98.1 cm³/mol. The molecule has 2 rings (SSSR count). The van der Waals surface area contributed by atoms with E-state index < -0.39 is 0 Å². The van der Waals surface area contributed by atoms with Gasteiger partial charge in [0.1, 0.15) is 6.07 Å². The normalized spacial score (nSPS) is 12.9. The largest absolute Gasteiger partial charge is 0.362 e. The van der Waals surface area contributed by atoms with E-state index in [1.165, 1.54) is 21.9 Å². The number of hydrogen-bond donors (Lipinski definition) is 1. The van der Waals surface area contributed by atoms with Crippen molar-refractivity contribution in [1.29, 1.82) is 5.26 Å². The Hall–Kier alpha value is -2.17. The topological polar surface area (TPSA) is 48.2 Å². The average molecular weight is 309 g/mol. The molecule has 0 saturated heterocycles. The van der Waals surface area contributed by atoms with Gasteiger partial charge in [-0.05, 0) is 42.6 Å². The number of hydrogen-bond acceptors (Lipinski definition) is 3. The number of fused-ring (bicyclic) bond motifs is 1. The molecule has 0 heterocycles. The summed E-state index contributed by atoms with van der Waals surface area (Å²) in [5.41, 5.74) is 4.30. The minimum Gasteiger partial charge on any atom is -0.362 e. The molecule has 0 aliphatic carbocycles. The van der Waals surface area contributed by atoms with E-state index in [1.54, 1.807) is 13.3 Å². The van der Waals surface area contributed by atoms with Crippen molar-refractivity contribution in [2.75, 3.05) is 12.1 Å². The van der Waals surface area contributed by atoms with Gasteiger partial charge in [-0.2, -0.15) is 5.26 Å². The molecule has 1 atom stereocenters. The number of anilines is 1. The molecule has 0 aromatic heterocycles. The van der Waals surface area contributed by atoms with Gasteiger partial charge in [0.2, 0.25) is 0 Å². The van der Waals surface area contributed by atoms with Crippen LogP contribution in [0.25, 0.3) is 10.8 Å². The minimum absolute atomic E-state index is 0.352. The van der Waals surface area contributed by atoms with Crippen molar-refractivity contribution in [2.45, 2.75) is 20.8 Å². The first kappa shape index (κ1) is 16.2. The molecule has 112 valence electrons. The number of aryl methyl sites for hydroxylation is 1. The van der Waals surface area contributed by atoms with Crippen LogP contribution in [-0.2, 0) is 0 Å². The number of benzene rings is 2. The summed E-state index contributed by atoms with van der Waals surface area (Å²) in [7, 11) is 2.03. The van der Waals surface area contributed by atoms with Crippen LogP contribution in [0.5, 0.6) is 0 Å². The Balaban J connectivity index is 2.40. The van der Waals surface area contributed by atoms with Crippen molar-refractivity contribution in [1.82, 2.24) is 0 Å². The van der Waals surface area contributed by atoms with Crippen LogP contribution in [0.15, 0.2) is 46.2 Å². The number of nitrogens with one attached hydrogen (secondary N) is 1. The molecular formula is C18H20N3P. The number of rotatable bonds is 4. The van der Waals surface area contributed by atoms with E-state index in [2.05, 4.69) is 60.3 Å². The quantitative estimate of drug-likeness (QED) is 0.493. The SMILES string of the molecule is CN=C/C(C#N)=C(\C)PNc1c(C)c(C)cc2ccccc12. The Morgan fingerprint density at radius 2 is 2.05 bits per heavy atom. The second-order valence-corrected chi connectivity index (χ2v) is 6.45. The second kappa shape index (κ2) is 7.20. The van der Waals surface area contributed by atoms with E-state index in [-0.39, 0.29) is 0 Å². The summed E-state index contributed by atoms with van der Waals surface area (Å²) < 4.78 is 0. The third kappa shape index (κ3) is 3.35. The summed E-state index contributed by atoms with van der Waals surface area (Å²) >= 11 is 0. The summed E-state index contributed by atoms with van der Waals surface area (Å²) in [5.74, 6) is 0. The van der Waals surface area contributed by atoms with E-state index in [9.17, 15) is 5.26 Å². The zero-order chi connectivity index (χ0) is 16.1. The molecule has 0 saturated carbocycles. The molecule has 0 spiro atoms. The number of nitriles is 1. The van der Waals surface area contributed by atoms with Gasteiger partial charge in [0, 0.05) is 33.1 Å². The molecule has 2 aromatic carbocycles. The van der Waals surface area contributed by atoms with Crippen molar-refractivity contribution >= 4 is 31.4 Å². The summed E-state index contributed by atoms with van der Waals surface area (Å²) in [6.45, 7) is 6.23. The zero-order valence-electron chi connectivity index (χ0n) is 13.4. The van der Waals surface area contributed by atoms with Gasteiger partial charge >= 0.3 is 0 Å². The minimum atomic E-state index is 0.352. The third-order valence-electron chi connectivity index (χ3n) is 3.73. The van der Waals surface area contributed by atoms with Gasteiger partial charge < -0.3 is 5.09 Å². The fourth-order valence-corrected chi connectivity index (χ4v) is 3.20. The lowest BCUT2D eigenvalue weighted by molar-refractivity contribution is 1.37. The highest BCUT2D eigenvalue weighted by Crippen LogP contribution is 2.35. The summed E-state index contributed by atoms with van der Waals surface area (Å²) in [4.78, 5) is 3.94. The maximum absolute atomic E-state index is 9.17. The van der Waals surface area contributed by atoms with Crippen LogP contribution in [0.1, 0.15) is 18.1 Å². The lowest BCUT2D eigenvalue weighted by Gasteiger charge is -2.15. The summed E-state index contributed by atoms with van der Waals surface area (Å²) in [6, 6.07) is 12.8. The van der Waals surface area contributed by atoms with Gasteiger partial charge in [0.05, 0.1) is 5.57 Å². The first-order valence-corrected chi connectivity index (χ1v) is 8.12. The Morgan fingerprint density at radius 3 is 2.73 bits per heavy atom. The molecule has 3 nitrogen and oxygen atoms in total. The van der Waals surface area contributed by atoms with Crippen LogP contribution in [-0.4, -0.2) is 13.3 Å². The number of nitrogens with zero attached hydrogens (tertiary/aromatic N) is 2. The van der Waals surface area contributed by atoms with Gasteiger partial charge in [0.25, 0.3) is 0 Å². The molecule has 0 fully saturated rings. The van der Waals surface area contributed by atoms with Crippen LogP contribution in [0.2, 0.25) is 0 Å². The Kier molecular flexibility index (Phi) is 5.31. The van der Waals surface area contributed by atoms with Crippen LogP contribution in [0, 0.1) is 25.2 Å².